The van der Waals surface area contributed by atoms with E-state index in [-0.39, 0.29) is 23.9 Å². The molecule has 170 valence electrons. The molecule has 1 N–H and O–H groups in total. The molecule has 0 atom stereocenters. The van der Waals surface area contributed by atoms with Gasteiger partial charge in [0, 0.05) is 49.1 Å². The molecular formula is C24H24ClN5O2S. The van der Waals surface area contributed by atoms with E-state index in [4.69, 9.17) is 11.6 Å². The first-order valence-corrected chi connectivity index (χ1v) is 12.0. The van der Waals surface area contributed by atoms with Gasteiger partial charge in [-0.05, 0) is 25.1 Å². The highest BCUT2D eigenvalue weighted by Crippen LogP contribution is 2.25. The molecule has 0 saturated carbocycles. The highest BCUT2D eigenvalue weighted by atomic mass is 35.5. The van der Waals surface area contributed by atoms with E-state index in [0.717, 1.165) is 23.0 Å². The van der Waals surface area contributed by atoms with E-state index < -0.39 is 0 Å². The van der Waals surface area contributed by atoms with Crippen LogP contribution in [0, 0.1) is 0 Å². The minimum absolute atomic E-state index is 0.0482. The Hall–Kier alpha value is -3.10. The molecular weight excluding hydrogens is 458 g/mol. The lowest BCUT2D eigenvalue weighted by molar-refractivity contribution is -0.116. The summed E-state index contributed by atoms with van der Waals surface area (Å²) in [5.74, 6) is 0.841. The number of rotatable bonds is 9. The van der Waals surface area contributed by atoms with Crippen LogP contribution in [0.4, 0.5) is 5.69 Å². The number of Topliss-reactive ketones (excluding diaryl/α,β-unsaturated/α-hetero) is 1. The smallest absolute Gasteiger partial charge is 0.224 e. The molecule has 0 aliphatic carbocycles. The number of thioether (sulfide) groups is 1. The number of ketones is 1. The number of amides is 1. The molecule has 2 aromatic heterocycles. The van der Waals surface area contributed by atoms with Crippen LogP contribution >= 0.6 is 23.4 Å². The Morgan fingerprint density at radius 1 is 1.09 bits per heavy atom. The molecule has 0 aliphatic heterocycles. The quantitative estimate of drug-likeness (QED) is 0.269. The zero-order valence-corrected chi connectivity index (χ0v) is 20.0. The van der Waals surface area contributed by atoms with Crippen LogP contribution in [0.15, 0.2) is 59.9 Å². The fraction of sp³-hybridized carbons (Fsp3) is 0.250. The van der Waals surface area contributed by atoms with E-state index >= 15 is 0 Å². The molecule has 7 nitrogen and oxygen atoms in total. The number of carbonyl (C=O) groups excluding carboxylic acids is 2. The number of halogens is 1. The van der Waals surface area contributed by atoms with E-state index in [1.807, 2.05) is 54.2 Å². The van der Waals surface area contributed by atoms with Gasteiger partial charge in [-0.1, -0.05) is 53.7 Å². The van der Waals surface area contributed by atoms with E-state index in [2.05, 4.69) is 27.0 Å². The molecule has 0 saturated heterocycles. The number of aryl methyl sites for hydroxylation is 2. The summed E-state index contributed by atoms with van der Waals surface area (Å²) in [7, 11) is 1.84. The number of hydrogen-bond acceptors (Lipinski definition) is 5. The van der Waals surface area contributed by atoms with Gasteiger partial charge in [-0.15, -0.1) is 10.2 Å². The lowest BCUT2D eigenvalue weighted by atomic mass is 10.1. The van der Waals surface area contributed by atoms with Gasteiger partial charge in [0.05, 0.1) is 16.5 Å². The van der Waals surface area contributed by atoms with Crippen molar-refractivity contribution in [2.24, 2.45) is 7.05 Å². The molecule has 2 heterocycles. The first kappa shape index (κ1) is 23.1. The molecule has 0 unspecified atom stereocenters. The van der Waals surface area contributed by atoms with Gasteiger partial charge in [-0.3, -0.25) is 9.59 Å². The first-order chi connectivity index (χ1) is 16.0. The molecule has 0 fully saturated rings. The highest BCUT2D eigenvalue weighted by Gasteiger charge is 2.17. The number of fused-ring (bicyclic) bond motifs is 1. The number of nitrogens with one attached hydrogen (secondary N) is 1. The van der Waals surface area contributed by atoms with Gasteiger partial charge < -0.3 is 14.5 Å². The Morgan fingerprint density at radius 2 is 1.85 bits per heavy atom. The Balaban J connectivity index is 1.36. The maximum Gasteiger partial charge on any atom is 0.224 e. The lowest BCUT2D eigenvalue weighted by Crippen LogP contribution is -2.14. The third-order valence-electron chi connectivity index (χ3n) is 5.41. The van der Waals surface area contributed by atoms with Crippen molar-refractivity contribution >= 4 is 51.6 Å². The van der Waals surface area contributed by atoms with Crippen LogP contribution in [0.3, 0.4) is 0 Å². The molecule has 4 aromatic rings. The third kappa shape index (κ3) is 5.12. The Labute approximate surface area is 201 Å². The van der Waals surface area contributed by atoms with Crippen molar-refractivity contribution in [3.63, 3.8) is 0 Å². The number of benzene rings is 2. The minimum atomic E-state index is -0.150. The van der Waals surface area contributed by atoms with Crippen molar-refractivity contribution in [1.29, 1.82) is 0 Å². The van der Waals surface area contributed by atoms with Crippen molar-refractivity contribution < 1.29 is 9.59 Å². The summed E-state index contributed by atoms with van der Waals surface area (Å²) in [6, 6.07) is 15.0. The summed E-state index contributed by atoms with van der Waals surface area (Å²) in [6.07, 6.45) is 2.60. The van der Waals surface area contributed by atoms with Gasteiger partial charge in [0.25, 0.3) is 0 Å². The van der Waals surface area contributed by atoms with Gasteiger partial charge in [-0.2, -0.15) is 0 Å². The third-order valence-corrected chi connectivity index (χ3v) is 6.76. The largest absolute Gasteiger partial charge is 0.347 e. The summed E-state index contributed by atoms with van der Waals surface area (Å²) in [5.41, 5.74) is 2.37. The Bertz CT molecular complexity index is 1310. The van der Waals surface area contributed by atoms with Crippen LogP contribution in [0.2, 0.25) is 5.02 Å². The maximum absolute atomic E-state index is 12.9. The molecule has 0 bridgehead atoms. The second-order valence-electron chi connectivity index (χ2n) is 7.54. The van der Waals surface area contributed by atoms with Crippen molar-refractivity contribution in [2.45, 2.75) is 31.5 Å². The number of carbonyl (C=O) groups is 2. The van der Waals surface area contributed by atoms with E-state index in [1.54, 1.807) is 12.1 Å². The minimum Gasteiger partial charge on any atom is -0.347 e. The molecule has 0 radical (unpaired) electrons. The lowest BCUT2D eigenvalue weighted by Gasteiger charge is -2.07. The predicted octanol–water partition coefficient (Wildman–Crippen LogP) is 4.99. The predicted molar refractivity (Wildman–Crippen MR) is 132 cm³/mol. The van der Waals surface area contributed by atoms with E-state index in [9.17, 15) is 9.59 Å². The van der Waals surface area contributed by atoms with Crippen LogP contribution < -0.4 is 5.32 Å². The van der Waals surface area contributed by atoms with Crippen molar-refractivity contribution in [3.8, 4) is 0 Å². The Morgan fingerprint density at radius 3 is 2.64 bits per heavy atom. The average molecular weight is 482 g/mol. The van der Waals surface area contributed by atoms with Gasteiger partial charge >= 0.3 is 0 Å². The van der Waals surface area contributed by atoms with Crippen LogP contribution in [0.1, 0.15) is 29.5 Å². The van der Waals surface area contributed by atoms with Gasteiger partial charge in [0.1, 0.15) is 5.82 Å². The van der Waals surface area contributed by atoms with E-state index in [0.29, 0.717) is 28.1 Å². The van der Waals surface area contributed by atoms with Crippen molar-refractivity contribution in [1.82, 2.24) is 19.3 Å². The van der Waals surface area contributed by atoms with E-state index in [1.165, 1.54) is 11.8 Å². The first-order valence-electron chi connectivity index (χ1n) is 10.6. The second-order valence-corrected chi connectivity index (χ2v) is 8.89. The van der Waals surface area contributed by atoms with Gasteiger partial charge in [0.2, 0.25) is 5.91 Å². The second kappa shape index (κ2) is 10.2. The zero-order valence-electron chi connectivity index (χ0n) is 18.4. The summed E-state index contributed by atoms with van der Waals surface area (Å²) < 4.78 is 3.91. The van der Waals surface area contributed by atoms with Gasteiger partial charge in [0.15, 0.2) is 10.9 Å². The summed E-state index contributed by atoms with van der Waals surface area (Å²) >= 11 is 7.44. The summed E-state index contributed by atoms with van der Waals surface area (Å²) in [4.78, 5) is 25.2. The molecule has 0 aliphatic rings. The standard InChI is InChI=1S/C24H24ClN5O2S/c1-3-30-14-17(16-8-4-7-11-20(16)30)21(31)15-33-24-28-27-22(29(24)2)12-13-23(32)26-19-10-6-5-9-18(19)25/h4-11,14H,3,12-13,15H2,1-2H3,(H,26,32). The van der Waals surface area contributed by atoms with Crippen LogP contribution in [0.5, 0.6) is 0 Å². The topological polar surface area (TPSA) is 81.8 Å². The molecule has 1 amide bonds. The number of aromatic nitrogens is 4. The monoisotopic (exact) mass is 481 g/mol. The van der Waals surface area contributed by atoms with Gasteiger partial charge in [-0.25, -0.2) is 0 Å². The highest BCUT2D eigenvalue weighted by molar-refractivity contribution is 7.99. The zero-order chi connectivity index (χ0) is 23.4. The fourth-order valence-corrected chi connectivity index (χ4v) is 4.62. The maximum atomic E-state index is 12.9. The van der Waals surface area contributed by atoms with Crippen molar-refractivity contribution in [2.75, 3.05) is 11.1 Å². The number of anilines is 1. The van der Waals surface area contributed by atoms with Crippen molar-refractivity contribution in [3.05, 3.63) is 71.1 Å². The molecule has 2 aromatic carbocycles. The number of hydrogen-bond donors (Lipinski definition) is 1. The van der Waals surface area contributed by atoms with Crippen LogP contribution in [-0.2, 0) is 24.8 Å². The number of para-hydroxylation sites is 2. The molecule has 33 heavy (non-hydrogen) atoms. The molecule has 4 rings (SSSR count). The normalized spacial score (nSPS) is 11.1. The molecule has 0 spiro atoms. The number of nitrogens with zero attached hydrogens (tertiary/aromatic N) is 4. The molecule has 9 heteroatoms. The van der Waals surface area contributed by atoms with Crippen LogP contribution in [0.25, 0.3) is 10.9 Å². The summed E-state index contributed by atoms with van der Waals surface area (Å²) in [6.45, 7) is 2.86. The average Bonchev–Trinajstić information content (AvgIpc) is 3.38. The SMILES string of the molecule is CCn1cc(C(=O)CSc2nnc(CCC(=O)Nc3ccccc3Cl)n2C)c2ccccc21. The van der Waals surface area contributed by atoms with Crippen LogP contribution in [-0.4, -0.2) is 36.8 Å². The summed E-state index contributed by atoms with van der Waals surface area (Å²) in [5, 5.41) is 13.3. The Kier molecular flexibility index (Phi) is 7.15. The fourth-order valence-electron chi connectivity index (χ4n) is 3.63.